The first-order chi connectivity index (χ1) is 6.46. The molecule has 0 radical (unpaired) electrons. The average molecular weight is 317 g/mol. The lowest BCUT2D eigenvalue weighted by Crippen LogP contribution is -2.25. The van der Waals surface area contributed by atoms with Crippen LogP contribution in [0.25, 0.3) is 0 Å². The summed E-state index contributed by atoms with van der Waals surface area (Å²) in [5.74, 6) is 0. The Hall–Kier alpha value is 1.47. The predicted octanol–water partition coefficient (Wildman–Crippen LogP) is 3.45. The molecule has 94 valence electrons. The summed E-state index contributed by atoms with van der Waals surface area (Å²) in [5, 5.41) is 0. The van der Waals surface area contributed by atoms with E-state index >= 15 is 0 Å². The van der Waals surface area contributed by atoms with Crippen LogP contribution >= 0.6 is 54.8 Å². The minimum Gasteiger partial charge on any atom is -0.264 e. The van der Waals surface area contributed by atoms with E-state index in [-0.39, 0.29) is 8.37 Å². The standard InChI is InChI=1S/C6H18N3P.CCl4/c1-7(2)10(8(3)4)9(5)6;2-1(3,4)5/h1-6H3;. The van der Waals surface area contributed by atoms with E-state index in [0.29, 0.717) is 0 Å². The van der Waals surface area contributed by atoms with Crippen LogP contribution in [0.4, 0.5) is 0 Å². The first kappa shape index (κ1) is 18.8. The van der Waals surface area contributed by atoms with Gasteiger partial charge in [-0.2, -0.15) is 0 Å². The topological polar surface area (TPSA) is 9.72 Å². The molecule has 3 nitrogen and oxygen atoms in total. The van der Waals surface area contributed by atoms with E-state index in [4.69, 9.17) is 46.4 Å². The molecule has 0 amide bonds. The van der Waals surface area contributed by atoms with Crippen molar-refractivity contribution in [3.05, 3.63) is 0 Å². The molecular formula is C7H18Cl4N3P. The number of nitrogens with zero attached hydrogens (tertiary/aromatic N) is 3. The van der Waals surface area contributed by atoms with E-state index in [0.717, 1.165) is 0 Å². The summed E-state index contributed by atoms with van der Waals surface area (Å²) in [6, 6.07) is 0. The van der Waals surface area contributed by atoms with Crippen molar-refractivity contribution < 1.29 is 0 Å². The van der Waals surface area contributed by atoms with Crippen molar-refractivity contribution in [2.45, 2.75) is 3.25 Å². The third kappa shape index (κ3) is 15.5. The third-order valence-corrected chi connectivity index (χ3v) is 3.22. The first-order valence-corrected chi connectivity index (χ1v) is 6.75. The molecule has 0 aliphatic carbocycles. The highest BCUT2D eigenvalue weighted by atomic mass is 35.6. The summed E-state index contributed by atoms with van der Waals surface area (Å²) in [7, 11) is 12.4. The summed E-state index contributed by atoms with van der Waals surface area (Å²) in [5.41, 5.74) is 0. The summed E-state index contributed by atoms with van der Waals surface area (Å²) in [6.07, 6.45) is 0. The second kappa shape index (κ2) is 8.54. The molecule has 0 aliphatic rings. The predicted molar refractivity (Wildman–Crippen MR) is 74.1 cm³/mol. The van der Waals surface area contributed by atoms with Gasteiger partial charge in [0.1, 0.15) is 8.37 Å². The minimum absolute atomic E-state index is 0.238. The van der Waals surface area contributed by atoms with Crippen LogP contribution in [-0.4, -0.2) is 59.5 Å². The number of hydrogen-bond donors (Lipinski definition) is 0. The molecule has 0 saturated carbocycles. The van der Waals surface area contributed by atoms with Gasteiger partial charge in [-0.1, -0.05) is 46.4 Å². The van der Waals surface area contributed by atoms with Crippen molar-refractivity contribution >= 4 is 54.8 Å². The maximum absolute atomic E-state index is 4.83. The van der Waals surface area contributed by atoms with Crippen molar-refractivity contribution in [2.75, 3.05) is 42.3 Å². The highest BCUT2D eigenvalue weighted by molar-refractivity contribution is 7.49. The first-order valence-electron chi connectivity index (χ1n) is 4.04. The van der Waals surface area contributed by atoms with Crippen LogP contribution in [0.3, 0.4) is 0 Å². The van der Waals surface area contributed by atoms with Crippen molar-refractivity contribution in [1.29, 1.82) is 0 Å². The molecule has 0 bridgehead atoms. The molecule has 0 unspecified atom stereocenters. The maximum Gasteiger partial charge on any atom is 0.266 e. The SMILES string of the molecule is CN(C)P(N(C)C)N(C)C.ClC(Cl)(Cl)Cl. The summed E-state index contributed by atoms with van der Waals surface area (Å²) in [6.45, 7) is 0. The fraction of sp³-hybridized carbons (Fsp3) is 1.00. The molecule has 0 heterocycles. The molecule has 0 rings (SSSR count). The largest absolute Gasteiger partial charge is 0.266 e. The Bertz CT molecular complexity index is 136. The lowest BCUT2D eigenvalue weighted by Gasteiger charge is -2.34. The molecule has 0 spiro atoms. The Labute approximate surface area is 114 Å². The van der Waals surface area contributed by atoms with Crippen LogP contribution < -0.4 is 0 Å². The Balaban J connectivity index is 0. The van der Waals surface area contributed by atoms with Gasteiger partial charge in [0.25, 0.3) is 3.25 Å². The van der Waals surface area contributed by atoms with Gasteiger partial charge in [0.15, 0.2) is 0 Å². The van der Waals surface area contributed by atoms with Gasteiger partial charge in [0.05, 0.1) is 0 Å². The van der Waals surface area contributed by atoms with Gasteiger partial charge in [-0.05, 0) is 42.3 Å². The average Bonchev–Trinajstić information content (AvgIpc) is 1.77. The van der Waals surface area contributed by atoms with Crippen LogP contribution in [0, 0.1) is 0 Å². The van der Waals surface area contributed by atoms with Crippen molar-refractivity contribution in [2.24, 2.45) is 0 Å². The molecule has 0 fully saturated rings. The minimum atomic E-state index is -1.61. The van der Waals surface area contributed by atoms with Crippen molar-refractivity contribution in [1.82, 2.24) is 14.0 Å². The molecule has 0 aromatic carbocycles. The van der Waals surface area contributed by atoms with Crippen LogP contribution in [0.2, 0.25) is 0 Å². The molecule has 0 aromatic heterocycles. The van der Waals surface area contributed by atoms with E-state index in [9.17, 15) is 0 Å². The Morgan fingerprint density at radius 3 is 0.800 bits per heavy atom. The Kier molecular flexibility index (Phi) is 10.7. The van der Waals surface area contributed by atoms with Crippen molar-refractivity contribution in [3.8, 4) is 0 Å². The third-order valence-electron chi connectivity index (χ3n) is 1.07. The van der Waals surface area contributed by atoms with Gasteiger partial charge in [-0.25, -0.2) is 0 Å². The normalized spacial score (nSPS) is 12.4. The molecule has 0 atom stereocenters. The van der Waals surface area contributed by atoms with Gasteiger partial charge in [0, 0.05) is 0 Å². The molecule has 15 heavy (non-hydrogen) atoms. The molecular weight excluding hydrogens is 299 g/mol. The van der Waals surface area contributed by atoms with Gasteiger partial charge in [0.2, 0.25) is 0 Å². The Morgan fingerprint density at radius 2 is 0.800 bits per heavy atom. The zero-order valence-corrected chi connectivity index (χ0v) is 13.7. The zero-order valence-electron chi connectivity index (χ0n) is 9.80. The number of hydrogen-bond acceptors (Lipinski definition) is 3. The molecule has 0 aliphatic heterocycles. The molecule has 0 aromatic rings. The van der Waals surface area contributed by atoms with Crippen LogP contribution in [0.1, 0.15) is 0 Å². The van der Waals surface area contributed by atoms with E-state index in [1.165, 1.54) is 0 Å². The lowest BCUT2D eigenvalue weighted by molar-refractivity contribution is 0.490. The number of halogens is 4. The smallest absolute Gasteiger partial charge is 0.264 e. The maximum atomic E-state index is 4.83. The summed E-state index contributed by atoms with van der Waals surface area (Å²) >= 11 is 19.3. The lowest BCUT2D eigenvalue weighted by atomic mass is 11.2. The van der Waals surface area contributed by atoms with Crippen LogP contribution in [0.15, 0.2) is 0 Å². The van der Waals surface area contributed by atoms with Crippen LogP contribution in [0.5, 0.6) is 0 Å². The van der Waals surface area contributed by atoms with Gasteiger partial charge < -0.3 is 0 Å². The summed E-state index contributed by atoms with van der Waals surface area (Å²) in [4.78, 5) is 0. The molecule has 0 saturated heterocycles. The second-order valence-corrected chi connectivity index (χ2v) is 9.60. The monoisotopic (exact) mass is 315 g/mol. The fourth-order valence-corrected chi connectivity index (χ4v) is 3.22. The highest BCUT2D eigenvalue weighted by Gasteiger charge is 2.15. The zero-order chi connectivity index (χ0) is 12.8. The molecule has 8 heteroatoms. The number of alkyl halides is 4. The quantitative estimate of drug-likeness (QED) is 0.583. The molecule has 0 N–H and O–H groups in total. The van der Waals surface area contributed by atoms with E-state index in [1.807, 2.05) is 0 Å². The van der Waals surface area contributed by atoms with Gasteiger partial charge in [-0.3, -0.25) is 14.0 Å². The van der Waals surface area contributed by atoms with Gasteiger partial charge >= 0.3 is 0 Å². The summed E-state index contributed by atoms with van der Waals surface area (Å²) < 4.78 is 5.08. The Morgan fingerprint density at radius 1 is 0.667 bits per heavy atom. The van der Waals surface area contributed by atoms with Gasteiger partial charge in [-0.15, -0.1) is 0 Å². The van der Waals surface area contributed by atoms with E-state index in [2.05, 4.69) is 56.3 Å². The number of rotatable bonds is 3. The van der Waals surface area contributed by atoms with Crippen LogP contribution in [-0.2, 0) is 0 Å². The van der Waals surface area contributed by atoms with Crippen molar-refractivity contribution in [3.63, 3.8) is 0 Å². The van der Waals surface area contributed by atoms with E-state index < -0.39 is 3.25 Å². The highest BCUT2D eigenvalue weighted by Crippen LogP contribution is 2.40. The second-order valence-electron chi connectivity index (χ2n) is 3.24. The van der Waals surface area contributed by atoms with E-state index in [1.54, 1.807) is 0 Å². The fourth-order valence-electron chi connectivity index (χ4n) is 1.07.